The van der Waals surface area contributed by atoms with E-state index in [9.17, 15) is 4.79 Å². The predicted octanol–water partition coefficient (Wildman–Crippen LogP) is 3.49. The second-order valence-electron chi connectivity index (χ2n) is 4.72. The summed E-state index contributed by atoms with van der Waals surface area (Å²) in [5.41, 5.74) is 1.90. The van der Waals surface area contributed by atoms with E-state index in [0.29, 0.717) is 27.1 Å². The third kappa shape index (κ3) is 2.41. The van der Waals surface area contributed by atoms with Crippen molar-refractivity contribution in [2.24, 2.45) is 0 Å². The zero-order chi connectivity index (χ0) is 14.1. The number of benzene rings is 1. The smallest absolute Gasteiger partial charge is 0.347 e. The van der Waals surface area contributed by atoms with Gasteiger partial charge in [0.25, 0.3) is 0 Å². The van der Waals surface area contributed by atoms with Crippen LogP contribution < -0.4 is 11.0 Å². The molecule has 1 aliphatic rings. The van der Waals surface area contributed by atoms with E-state index in [0.717, 1.165) is 31.4 Å². The molecular formula is C14H13Cl2N3O. The van der Waals surface area contributed by atoms with Crippen LogP contribution in [0.5, 0.6) is 0 Å². The third-order valence-corrected chi connectivity index (χ3v) is 4.02. The van der Waals surface area contributed by atoms with E-state index in [2.05, 4.69) is 15.3 Å². The van der Waals surface area contributed by atoms with Crippen molar-refractivity contribution in [3.05, 3.63) is 44.3 Å². The lowest BCUT2D eigenvalue weighted by molar-refractivity contribution is 0.785. The molecule has 0 bridgehead atoms. The molecule has 0 radical (unpaired) electrons. The first kappa shape index (κ1) is 13.5. The van der Waals surface area contributed by atoms with Crippen LogP contribution in [0.2, 0.25) is 10.0 Å². The van der Waals surface area contributed by atoms with Gasteiger partial charge in [0, 0.05) is 17.7 Å². The largest absolute Gasteiger partial charge is 0.370 e. The highest BCUT2D eigenvalue weighted by Gasteiger charge is 2.19. The molecule has 2 aromatic rings. The van der Waals surface area contributed by atoms with Crippen molar-refractivity contribution in [2.45, 2.75) is 19.3 Å². The van der Waals surface area contributed by atoms with E-state index in [-0.39, 0.29) is 0 Å². The highest BCUT2D eigenvalue weighted by molar-refractivity contribution is 6.39. The first-order chi connectivity index (χ1) is 9.66. The van der Waals surface area contributed by atoms with Gasteiger partial charge in [-0.2, -0.15) is 4.98 Å². The molecule has 104 valence electrons. The highest BCUT2D eigenvalue weighted by atomic mass is 35.5. The molecule has 0 atom stereocenters. The van der Waals surface area contributed by atoms with Gasteiger partial charge in [0.1, 0.15) is 5.82 Å². The molecule has 1 aromatic carbocycles. The molecule has 1 aliphatic heterocycles. The quantitative estimate of drug-likeness (QED) is 0.847. The number of nitrogens with one attached hydrogen (secondary N) is 2. The number of aromatic nitrogens is 2. The van der Waals surface area contributed by atoms with Crippen molar-refractivity contribution >= 4 is 29.0 Å². The van der Waals surface area contributed by atoms with Gasteiger partial charge < -0.3 is 10.3 Å². The van der Waals surface area contributed by atoms with E-state index < -0.39 is 5.69 Å². The SMILES string of the molecule is O=c1nc2c(c(-c3c(Cl)cccc3Cl)[nH]1)CCCCN2. The lowest BCUT2D eigenvalue weighted by Crippen LogP contribution is -2.17. The molecule has 2 heterocycles. The first-order valence-electron chi connectivity index (χ1n) is 6.48. The van der Waals surface area contributed by atoms with Gasteiger partial charge in [0.15, 0.2) is 0 Å². The molecule has 2 N–H and O–H groups in total. The summed E-state index contributed by atoms with van der Waals surface area (Å²) in [5.74, 6) is 0.636. The molecule has 0 fully saturated rings. The van der Waals surface area contributed by atoms with Crippen LogP contribution in [-0.2, 0) is 6.42 Å². The Hall–Kier alpha value is -1.52. The number of hydrogen-bond acceptors (Lipinski definition) is 3. The lowest BCUT2D eigenvalue weighted by Gasteiger charge is -2.13. The normalized spacial score (nSPS) is 14.3. The number of H-pyrrole nitrogens is 1. The number of aromatic amines is 1. The van der Waals surface area contributed by atoms with E-state index in [1.807, 2.05) is 0 Å². The van der Waals surface area contributed by atoms with Crippen LogP contribution in [0.4, 0.5) is 5.82 Å². The molecule has 1 aromatic heterocycles. The van der Waals surface area contributed by atoms with Crippen LogP contribution in [-0.4, -0.2) is 16.5 Å². The summed E-state index contributed by atoms with van der Waals surface area (Å²) in [6.07, 6.45) is 2.91. The summed E-state index contributed by atoms with van der Waals surface area (Å²) < 4.78 is 0. The average molecular weight is 310 g/mol. The summed E-state index contributed by atoms with van der Waals surface area (Å²) in [6.45, 7) is 0.819. The molecule has 4 nitrogen and oxygen atoms in total. The number of halogens is 2. The van der Waals surface area contributed by atoms with Gasteiger partial charge in [-0.1, -0.05) is 29.3 Å². The molecule has 0 saturated carbocycles. The number of anilines is 1. The fraction of sp³-hybridized carbons (Fsp3) is 0.286. The van der Waals surface area contributed by atoms with Crippen molar-refractivity contribution < 1.29 is 0 Å². The maximum absolute atomic E-state index is 11.8. The number of nitrogens with zero attached hydrogens (tertiary/aromatic N) is 1. The summed E-state index contributed by atoms with van der Waals surface area (Å²) in [5, 5.41) is 4.24. The molecule has 0 spiro atoms. The zero-order valence-corrected chi connectivity index (χ0v) is 12.2. The minimum Gasteiger partial charge on any atom is -0.370 e. The minimum absolute atomic E-state index is 0.399. The predicted molar refractivity (Wildman–Crippen MR) is 81.7 cm³/mol. The number of hydrogen-bond donors (Lipinski definition) is 2. The Labute approximate surface area is 126 Å². The standard InChI is InChI=1S/C14H13Cl2N3O/c15-9-5-3-6-10(16)11(9)12-8-4-1-2-7-17-13(8)19-14(20)18-12/h3,5-6H,1-2,4,7H2,(H2,17,18,19,20). The molecule has 0 saturated heterocycles. The second-order valence-corrected chi connectivity index (χ2v) is 5.54. The molecule has 0 aliphatic carbocycles. The van der Waals surface area contributed by atoms with Gasteiger partial charge >= 0.3 is 5.69 Å². The van der Waals surface area contributed by atoms with Crippen LogP contribution in [0.15, 0.2) is 23.0 Å². The summed E-state index contributed by atoms with van der Waals surface area (Å²) in [6, 6.07) is 5.31. The Balaban J connectivity index is 2.28. The Morgan fingerprint density at radius 1 is 1.15 bits per heavy atom. The molecule has 3 rings (SSSR count). The monoisotopic (exact) mass is 309 g/mol. The summed E-state index contributed by atoms with van der Waals surface area (Å²) in [4.78, 5) is 18.6. The third-order valence-electron chi connectivity index (χ3n) is 3.39. The Bertz CT molecular complexity index is 692. The van der Waals surface area contributed by atoms with E-state index in [1.54, 1.807) is 18.2 Å². The fourth-order valence-electron chi connectivity index (χ4n) is 2.47. The van der Waals surface area contributed by atoms with Crippen molar-refractivity contribution in [2.75, 3.05) is 11.9 Å². The zero-order valence-electron chi connectivity index (χ0n) is 10.7. The van der Waals surface area contributed by atoms with Crippen LogP contribution in [0.1, 0.15) is 18.4 Å². The second kappa shape index (κ2) is 5.46. The van der Waals surface area contributed by atoms with Crippen molar-refractivity contribution in [1.29, 1.82) is 0 Å². The van der Waals surface area contributed by atoms with Gasteiger partial charge in [0.2, 0.25) is 0 Å². The highest BCUT2D eigenvalue weighted by Crippen LogP contribution is 2.37. The van der Waals surface area contributed by atoms with E-state index in [1.165, 1.54) is 0 Å². The minimum atomic E-state index is -0.399. The summed E-state index contributed by atoms with van der Waals surface area (Å²) >= 11 is 12.5. The van der Waals surface area contributed by atoms with Gasteiger partial charge in [-0.25, -0.2) is 4.79 Å². The maximum atomic E-state index is 11.8. The summed E-state index contributed by atoms with van der Waals surface area (Å²) in [7, 11) is 0. The molecule has 0 amide bonds. The Morgan fingerprint density at radius 3 is 2.65 bits per heavy atom. The van der Waals surface area contributed by atoms with Gasteiger partial charge in [-0.15, -0.1) is 0 Å². The molecule has 6 heteroatoms. The topological polar surface area (TPSA) is 57.8 Å². The molecule has 20 heavy (non-hydrogen) atoms. The lowest BCUT2D eigenvalue weighted by atomic mass is 10.0. The fourth-order valence-corrected chi connectivity index (χ4v) is 3.06. The van der Waals surface area contributed by atoms with Gasteiger partial charge in [0.05, 0.1) is 15.7 Å². The van der Waals surface area contributed by atoms with Crippen molar-refractivity contribution in [3.8, 4) is 11.3 Å². The first-order valence-corrected chi connectivity index (χ1v) is 7.24. The maximum Gasteiger partial charge on any atom is 0.347 e. The molecular weight excluding hydrogens is 297 g/mol. The van der Waals surface area contributed by atoms with Gasteiger partial charge in [-0.3, -0.25) is 0 Å². The van der Waals surface area contributed by atoms with E-state index >= 15 is 0 Å². The van der Waals surface area contributed by atoms with Crippen LogP contribution in [0, 0.1) is 0 Å². The number of fused-ring (bicyclic) bond motifs is 1. The Kier molecular flexibility index (Phi) is 3.68. The van der Waals surface area contributed by atoms with E-state index in [4.69, 9.17) is 23.2 Å². The average Bonchev–Trinajstić information content (AvgIpc) is 2.63. The van der Waals surface area contributed by atoms with Crippen molar-refractivity contribution in [3.63, 3.8) is 0 Å². The number of rotatable bonds is 1. The molecule has 0 unspecified atom stereocenters. The van der Waals surface area contributed by atoms with Gasteiger partial charge in [-0.05, 0) is 31.4 Å². The Morgan fingerprint density at radius 2 is 1.90 bits per heavy atom. The van der Waals surface area contributed by atoms with Crippen LogP contribution >= 0.6 is 23.2 Å². The van der Waals surface area contributed by atoms with Crippen LogP contribution in [0.25, 0.3) is 11.3 Å². The van der Waals surface area contributed by atoms with Crippen molar-refractivity contribution in [1.82, 2.24) is 9.97 Å². The van der Waals surface area contributed by atoms with Crippen LogP contribution in [0.3, 0.4) is 0 Å².